The molecule has 0 N–H and O–H groups in total. The molecule has 0 amide bonds. The second-order valence-electron chi connectivity index (χ2n) is 16.4. The van der Waals surface area contributed by atoms with Gasteiger partial charge >= 0.3 is 0 Å². The van der Waals surface area contributed by atoms with Gasteiger partial charge in [0.1, 0.15) is 6.29 Å². The zero-order chi connectivity index (χ0) is 29.6. The van der Waals surface area contributed by atoms with E-state index in [1.807, 2.05) is 0 Å². The van der Waals surface area contributed by atoms with Gasteiger partial charge in [0.15, 0.2) is 16.6 Å². The molecule has 0 unspecified atom stereocenters. The van der Waals surface area contributed by atoms with Crippen LogP contribution in [0.4, 0.5) is 0 Å². The first-order valence-corrected chi connectivity index (χ1v) is 21.4. The molecule has 3 aliphatic rings. The summed E-state index contributed by atoms with van der Waals surface area (Å²) >= 11 is 0. The highest BCUT2D eigenvalue weighted by Crippen LogP contribution is 2.59. The molecule has 0 bridgehead atoms. The SMILES string of the molecule is C=C1C(=CC=C2CCC[C@]3(C)[C@@H]([C@H](C)C=O)CC[C@@H]23)C[C@@H](O[Si](C)(C)C(C)(C)C)C[C@@H]1O[Si](C)(C)C(C)(C)C. The van der Waals surface area contributed by atoms with Gasteiger partial charge in [0, 0.05) is 12.3 Å². The lowest BCUT2D eigenvalue weighted by Crippen LogP contribution is -2.49. The fourth-order valence-corrected chi connectivity index (χ4v) is 9.67. The number of hydrogen-bond donors (Lipinski definition) is 0. The summed E-state index contributed by atoms with van der Waals surface area (Å²) < 4.78 is 14.0. The summed E-state index contributed by atoms with van der Waals surface area (Å²) in [6.07, 6.45) is 14.0. The first-order valence-electron chi connectivity index (χ1n) is 15.6. The molecule has 3 aliphatic carbocycles. The van der Waals surface area contributed by atoms with Crippen LogP contribution in [0.5, 0.6) is 0 Å². The molecule has 0 aromatic heterocycles. The number of rotatable bonds is 7. The summed E-state index contributed by atoms with van der Waals surface area (Å²) in [7, 11) is -3.89. The number of hydrogen-bond acceptors (Lipinski definition) is 3. The molecule has 3 nitrogen and oxygen atoms in total. The summed E-state index contributed by atoms with van der Waals surface area (Å²) in [5.74, 6) is 1.24. The Morgan fingerprint density at radius 3 is 2.13 bits per heavy atom. The first kappa shape index (κ1) is 32.8. The molecule has 3 rings (SSSR count). The van der Waals surface area contributed by atoms with Crippen LogP contribution in [-0.4, -0.2) is 35.1 Å². The highest BCUT2D eigenvalue weighted by Gasteiger charge is 2.51. The summed E-state index contributed by atoms with van der Waals surface area (Å²) in [4.78, 5) is 11.7. The molecule has 0 aromatic rings. The first-order chi connectivity index (χ1) is 17.7. The lowest BCUT2D eigenvalue weighted by molar-refractivity contribution is -0.113. The molecule has 0 radical (unpaired) electrons. The van der Waals surface area contributed by atoms with Crippen LogP contribution < -0.4 is 0 Å². The maximum Gasteiger partial charge on any atom is 0.192 e. The topological polar surface area (TPSA) is 35.5 Å². The van der Waals surface area contributed by atoms with Crippen molar-refractivity contribution in [3.63, 3.8) is 0 Å². The third-order valence-electron chi connectivity index (χ3n) is 11.6. The zero-order valence-electron chi connectivity index (χ0n) is 27.5. The molecule has 5 heteroatoms. The standard InChI is InChI=1S/C34H60O3Si2/c1-24(23-35)29-18-19-30-26(15-14-20-34(29,30)9)16-17-27-21-28(36-38(10,11)32(3,4)5)22-31(25(27)2)37-39(12,13)33(6,7)8/h16-17,23-24,28-31H,2,14-15,18-22H2,1,3-13H3/t24-,28-,29-,30+,31+,34-/m1/s1. The van der Waals surface area contributed by atoms with Crippen molar-refractivity contribution in [1.82, 2.24) is 0 Å². The van der Waals surface area contributed by atoms with E-state index in [4.69, 9.17) is 8.85 Å². The number of aldehydes is 1. The van der Waals surface area contributed by atoms with E-state index >= 15 is 0 Å². The third kappa shape index (κ3) is 6.84. The van der Waals surface area contributed by atoms with Crippen LogP contribution >= 0.6 is 0 Å². The Morgan fingerprint density at radius 2 is 1.56 bits per heavy atom. The van der Waals surface area contributed by atoms with Crippen molar-refractivity contribution in [2.24, 2.45) is 23.2 Å². The van der Waals surface area contributed by atoms with Gasteiger partial charge in [0.05, 0.1) is 12.2 Å². The summed E-state index contributed by atoms with van der Waals surface area (Å²) in [5, 5.41) is 0.323. The lowest BCUT2D eigenvalue weighted by Gasteiger charge is -2.45. The highest BCUT2D eigenvalue weighted by molar-refractivity contribution is 6.74. The van der Waals surface area contributed by atoms with Crippen LogP contribution in [0.3, 0.4) is 0 Å². The molecule has 0 aromatic carbocycles. The lowest BCUT2D eigenvalue weighted by atomic mass is 9.61. The monoisotopic (exact) mass is 572 g/mol. The minimum Gasteiger partial charge on any atom is -0.413 e. The largest absolute Gasteiger partial charge is 0.413 e. The zero-order valence-corrected chi connectivity index (χ0v) is 29.5. The van der Waals surface area contributed by atoms with Gasteiger partial charge in [-0.15, -0.1) is 0 Å². The minimum absolute atomic E-state index is 0.0139. The van der Waals surface area contributed by atoms with E-state index < -0.39 is 16.6 Å². The maximum atomic E-state index is 11.7. The van der Waals surface area contributed by atoms with Gasteiger partial charge in [-0.2, -0.15) is 0 Å². The van der Waals surface area contributed by atoms with Crippen molar-refractivity contribution in [3.8, 4) is 0 Å². The third-order valence-corrected chi connectivity index (χ3v) is 20.6. The van der Waals surface area contributed by atoms with Gasteiger partial charge in [-0.25, -0.2) is 0 Å². The predicted octanol–water partition coefficient (Wildman–Crippen LogP) is 10.0. The van der Waals surface area contributed by atoms with Crippen molar-refractivity contribution in [3.05, 3.63) is 35.5 Å². The molecule has 3 fully saturated rings. The van der Waals surface area contributed by atoms with Crippen molar-refractivity contribution < 1.29 is 13.6 Å². The van der Waals surface area contributed by atoms with E-state index in [0.29, 0.717) is 11.8 Å². The van der Waals surface area contributed by atoms with Crippen molar-refractivity contribution in [2.75, 3.05) is 0 Å². The predicted molar refractivity (Wildman–Crippen MR) is 172 cm³/mol. The van der Waals surface area contributed by atoms with Crippen molar-refractivity contribution in [1.29, 1.82) is 0 Å². The second-order valence-corrected chi connectivity index (χ2v) is 25.9. The molecule has 6 atom stereocenters. The Hall–Kier alpha value is -0.756. The molecular formula is C34H60O3Si2. The van der Waals surface area contributed by atoms with Crippen LogP contribution in [0.25, 0.3) is 0 Å². The molecule has 0 saturated heterocycles. The van der Waals surface area contributed by atoms with Crippen LogP contribution in [0.15, 0.2) is 35.5 Å². The van der Waals surface area contributed by atoms with E-state index in [9.17, 15) is 4.79 Å². The number of carbonyl (C=O) groups is 1. The van der Waals surface area contributed by atoms with Crippen molar-refractivity contribution >= 4 is 22.9 Å². The molecular weight excluding hydrogens is 513 g/mol. The Kier molecular flexibility index (Phi) is 9.65. The smallest absolute Gasteiger partial charge is 0.192 e. The van der Waals surface area contributed by atoms with Gasteiger partial charge in [-0.05, 0) is 103 Å². The fraction of sp³-hybridized carbons (Fsp3) is 0.794. The molecule has 3 saturated carbocycles. The fourth-order valence-electron chi connectivity index (χ4n) is 7.00. The Labute approximate surface area is 243 Å². The van der Waals surface area contributed by atoms with E-state index in [1.54, 1.807) is 5.57 Å². The Morgan fingerprint density at radius 1 is 0.974 bits per heavy atom. The van der Waals surface area contributed by atoms with Gasteiger partial charge in [0.25, 0.3) is 0 Å². The van der Waals surface area contributed by atoms with Crippen LogP contribution in [0, 0.1) is 23.2 Å². The summed E-state index contributed by atoms with van der Waals surface area (Å²) in [6, 6.07) is 0. The number of fused-ring (bicyclic) bond motifs is 1. The average Bonchev–Trinajstić information content (AvgIpc) is 3.15. The highest BCUT2D eigenvalue weighted by atomic mass is 28.4. The molecule has 0 aliphatic heterocycles. The maximum absolute atomic E-state index is 11.7. The molecule has 39 heavy (non-hydrogen) atoms. The van der Waals surface area contributed by atoms with Crippen LogP contribution in [0.2, 0.25) is 36.3 Å². The molecule has 0 spiro atoms. The second kappa shape index (κ2) is 11.5. The summed E-state index contributed by atoms with van der Waals surface area (Å²) in [5.41, 5.74) is 4.29. The Balaban J connectivity index is 1.93. The normalized spacial score (nSPS) is 33.9. The molecule has 0 heterocycles. The van der Waals surface area contributed by atoms with Gasteiger partial charge in [-0.3, -0.25) is 0 Å². The van der Waals surface area contributed by atoms with E-state index in [2.05, 4.69) is 100 Å². The average molecular weight is 573 g/mol. The van der Waals surface area contributed by atoms with Crippen LogP contribution in [0.1, 0.15) is 100 Å². The Bertz CT molecular complexity index is 977. The number of carbonyl (C=O) groups excluding carboxylic acids is 1. The quantitative estimate of drug-likeness (QED) is 0.225. The van der Waals surface area contributed by atoms with Crippen molar-refractivity contribution in [2.45, 2.75) is 149 Å². The van der Waals surface area contributed by atoms with Gasteiger partial charge in [-0.1, -0.05) is 79.7 Å². The van der Waals surface area contributed by atoms with E-state index in [1.165, 1.54) is 44.0 Å². The number of allylic oxidation sites excluding steroid dienone is 3. The molecule has 222 valence electrons. The van der Waals surface area contributed by atoms with Gasteiger partial charge < -0.3 is 13.6 Å². The summed E-state index contributed by atoms with van der Waals surface area (Å²) in [6.45, 7) is 32.6. The minimum atomic E-state index is -1.97. The van der Waals surface area contributed by atoms with E-state index in [-0.39, 0.29) is 33.6 Å². The van der Waals surface area contributed by atoms with E-state index in [0.717, 1.165) is 18.4 Å². The van der Waals surface area contributed by atoms with Crippen LogP contribution in [-0.2, 0) is 13.6 Å². The van der Waals surface area contributed by atoms with Gasteiger partial charge in [0.2, 0.25) is 0 Å².